The molecule has 2 aliphatic heterocycles. The molecule has 0 aromatic carbocycles. The Morgan fingerprint density at radius 3 is 2.52 bits per heavy atom. The van der Waals surface area contributed by atoms with Gasteiger partial charge in [-0.15, -0.1) is 0 Å². The second kappa shape index (κ2) is 6.62. The van der Waals surface area contributed by atoms with Gasteiger partial charge in [-0.1, -0.05) is 6.92 Å². The van der Waals surface area contributed by atoms with E-state index in [1.807, 2.05) is 6.92 Å². The molecule has 2 saturated heterocycles. The van der Waals surface area contributed by atoms with Crippen molar-refractivity contribution in [2.45, 2.75) is 38.6 Å². The lowest BCUT2D eigenvalue weighted by molar-refractivity contribution is -0.146. The Labute approximate surface area is 126 Å². The van der Waals surface area contributed by atoms with Crippen molar-refractivity contribution in [3.8, 4) is 0 Å². The van der Waals surface area contributed by atoms with Gasteiger partial charge in [-0.25, -0.2) is 8.42 Å². The third-order valence-electron chi connectivity index (χ3n) is 4.94. The number of carbonyl (C=O) groups is 1. The van der Waals surface area contributed by atoms with Crippen LogP contribution in [0.15, 0.2) is 0 Å². The Morgan fingerprint density at radius 1 is 1.38 bits per heavy atom. The topological polar surface area (TPSA) is 86.7 Å². The van der Waals surface area contributed by atoms with Crippen molar-refractivity contribution in [1.29, 1.82) is 0 Å². The van der Waals surface area contributed by atoms with Crippen LogP contribution in [0.1, 0.15) is 32.6 Å². The Balaban J connectivity index is 2.18. The summed E-state index contributed by atoms with van der Waals surface area (Å²) in [5.41, 5.74) is -0.396. The van der Waals surface area contributed by atoms with Crippen LogP contribution in [0.3, 0.4) is 0 Å². The maximum atomic E-state index is 13.0. The third-order valence-corrected chi connectivity index (χ3v) is 6.69. The van der Waals surface area contributed by atoms with Crippen LogP contribution < -0.4 is 5.32 Å². The number of nitrogens with zero attached hydrogens (tertiary/aromatic N) is 1. The number of amides is 1. The highest BCUT2D eigenvalue weighted by atomic mass is 32.2. The van der Waals surface area contributed by atoms with E-state index in [4.69, 9.17) is 0 Å². The maximum absolute atomic E-state index is 13.0. The summed E-state index contributed by atoms with van der Waals surface area (Å²) in [6, 6.07) is -0.270. The summed E-state index contributed by atoms with van der Waals surface area (Å²) in [7, 11) is -3.04. The minimum atomic E-state index is -3.04. The van der Waals surface area contributed by atoms with Gasteiger partial charge in [0, 0.05) is 12.6 Å². The van der Waals surface area contributed by atoms with E-state index in [1.54, 1.807) is 4.90 Å². The Kier molecular flexibility index (Phi) is 5.27. The van der Waals surface area contributed by atoms with Crippen LogP contribution in [0.4, 0.5) is 0 Å². The van der Waals surface area contributed by atoms with Crippen LogP contribution in [0, 0.1) is 5.41 Å². The minimum Gasteiger partial charge on any atom is -0.395 e. The molecular formula is C14H26N2O4S. The monoisotopic (exact) mass is 318 g/mol. The van der Waals surface area contributed by atoms with E-state index in [0.717, 1.165) is 32.4 Å². The zero-order valence-corrected chi connectivity index (χ0v) is 13.5. The van der Waals surface area contributed by atoms with E-state index in [1.165, 1.54) is 0 Å². The van der Waals surface area contributed by atoms with Gasteiger partial charge in [-0.05, 0) is 38.8 Å². The number of aliphatic hydroxyl groups excluding tert-OH is 1. The van der Waals surface area contributed by atoms with E-state index in [2.05, 4.69) is 5.32 Å². The van der Waals surface area contributed by atoms with Gasteiger partial charge in [0.25, 0.3) is 0 Å². The van der Waals surface area contributed by atoms with Crippen molar-refractivity contribution in [3.05, 3.63) is 0 Å². The molecule has 2 rings (SSSR count). The highest BCUT2D eigenvalue weighted by Crippen LogP contribution is 2.36. The van der Waals surface area contributed by atoms with Gasteiger partial charge in [-0.3, -0.25) is 4.79 Å². The van der Waals surface area contributed by atoms with E-state index in [0.29, 0.717) is 6.42 Å². The number of piperidine rings is 1. The van der Waals surface area contributed by atoms with Gasteiger partial charge in [-0.2, -0.15) is 0 Å². The first-order valence-electron chi connectivity index (χ1n) is 7.77. The molecule has 2 N–H and O–H groups in total. The number of sulfone groups is 1. The standard InChI is InChI=1S/C14H26N2O4S/c1-2-14(4-6-15-7-5-14)13(18)16(8-9-17)12-3-10-21(19,20)11-12/h12,15,17H,2-11H2,1H3. The lowest BCUT2D eigenvalue weighted by Gasteiger charge is -2.41. The number of carbonyl (C=O) groups excluding carboxylic acids is 1. The predicted octanol–water partition coefficient (Wildman–Crippen LogP) is -0.226. The first kappa shape index (κ1) is 16.7. The van der Waals surface area contributed by atoms with E-state index >= 15 is 0 Å². The molecule has 6 nitrogen and oxygen atoms in total. The van der Waals surface area contributed by atoms with Crippen molar-refractivity contribution in [2.24, 2.45) is 5.41 Å². The average Bonchev–Trinajstić information content (AvgIpc) is 2.84. The van der Waals surface area contributed by atoms with Crippen molar-refractivity contribution >= 4 is 15.7 Å². The largest absolute Gasteiger partial charge is 0.395 e. The van der Waals surface area contributed by atoms with Crippen LogP contribution in [0.5, 0.6) is 0 Å². The molecule has 2 fully saturated rings. The molecule has 1 atom stereocenters. The van der Waals surface area contributed by atoms with Crippen LogP contribution >= 0.6 is 0 Å². The fraction of sp³-hybridized carbons (Fsp3) is 0.929. The summed E-state index contributed by atoms with van der Waals surface area (Å²) in [6.07, 6.45) is 2.81. The van der Waals surface area contributed by atoms with E-state index in [-0.39, 0.29) is 36.6 Å². The number of hydrogen-bond acceptors (Lipinski definition) is 5. The molecule has 21 heavy (non-hydrogen) atoms. The molecular weight excluding hydrogens is 292 g/mol. The van der Waals surface area contributed by atoms with Crippen molar-refractivity contribution in [1.82, 2.24) is 10.2 Å². The van der Waals surface area contributed by atoms with Crippen LogP contribution in [0.2, 0.25) is 0 Å². The highest BCUT2D eigenvalue weighted by Gasteiger charge is 2.44. The number of hydrogen-bond donors (Lipinski definition) is 2. The van der Waals surface area contributed by atoms with Crippen LogP contribution in [-0.4, -0.2) is 68.1 Å². The van der Waals surface area contributed by atoms with E-state index in [9.17, 15) is 18.3 Å². The SMILES string of the molecule is CCC1(C(=O)N(CCO)C2CCS(=O)(=O)C2)CCNCC1. The molecule has 2 aliphatic rings. The normalized spacial score (nSPS) is 27.4. The van der Waals surface area contributed by atoms with E-state index < -0.39 is 15.3 Å². The summed E-state index contributed by atoms with van der Waals surface area (Å²) in [5, 5.41) is 12.5. The summed E-state index contributed by atoms with van der Waals surface area (Å²) >= 11 is 0. The fourth-order valence-corrected chi connectivity index (χ4v) is 5.24. The molecule has 1 amide bonds. The Morgan fingerprint density at radius 2 is 2.05 bits per heavy atom. The molecule has 0 aromatic heterocycles. The van der Waals surface area contributed by atoms with Gasteiger partial charge in [0.15, 0.2) is 9.84 Å². The molecule has 0 saturated carbocycles. The molecule has 2 heterocycles. The van der Waals surface area contributed by atoms with Crippen molar-refractivity contribution < 1.29 is 18.3 Å². The zero-order chi connectivity index (χ0) is 15.5. The number of rotatable bonds is 5. The van der Waals surface area contributed by atoms with Gasteiger partial charge < -0.3 is 15.3 Å². The first-order valence-corrected chi connectivity index (χ1v) is 9.59. The minimum absolute atomic E-state index is 0.0302. The fourth-order valence-electron chi connectivity index (χ4n) is 3.51. The molecule has 0 aliphatic carbocycles. The molecule has 122 valence electrons. The highest BCUT2D eigenvalue weighted by molar-refractivity contribution is 7.91. The zero-order valence-electron chi connectivity index (χ0n) is 12.7. The summed E-state index contributed by atoms with van der Waals surface area (Å²) in [6.45, 7) is 3.76. The summed E-state index contributed by atoms with van der Waals surface area (Å²) < 4.78 is 23.4. The summed E-state index contributed by atoms with van der Waals surface area (Å²) in [4.78, 5) is 14.7. The van der Waals surface area contributed by atoms with Gasteiger partial charge >= 0.3 is 0 Å². The summed E-state index contributed by atoms with van der Waals surface area (Å²) in [5.74, 6) is 0.215. The first-order chi connectivity index (χ1) is 9.94. The lowest BCUT2D eigenvalue weighted by Crippen LogP contribution is -2.53. The number of aliphatic hydroxyl groups is 1. The Hall–Kier alpha value is -0.660. The Bertz CT molecular complexity index is 471. The molecule has 1 unspecified atom stereocenters. The molecule has 0 bridgehead atoms. The maximum Gasteiger partial charge on any atom is 0.229 e. The van der Waals surface area contributed by atoms with Crippen LogP contribution in [-0.2, 0) is 14.6 Å². The molecule has 0 spiro atoms. The van der Waals surface area contributed by atoms with Crippen molar-refractivity contribution in [2.75, 3.05) is 37.7 Å². The molecule has 0 radical (unpaired) electrons. The lowest BCUT2D eigenvalue weighted by atomic mass is 9.75. The van der Waals surface area contributed by atoms with Gasteiger partial charge in [0.05, 0.1) is 23.5 Å². The molecule has 0 aromatic rings. The third kappa shape index (κ3) is 3.57. The van der Waals surface area contributed by atoms with Crippen molar-refractivity contribution in [3.63, 3.8) is 0 Å². The average molecular weight is 318 g/mol. The second-order valence-corrected chi connectivity index (χ2v) is 8.39. The molecule has 7 heteroatoms. The smallest absolute Gasteiger partial charge is 0.229 e. The quantitative estimate of drug-likeness (QED) is 0.731. The van der Waals surface area contributed by atoms with Gasteiger partial charge in [0.1, 0.15) is 0 Å². The van der Waals surface area contributed by atoms with Crippen LogP contribution in [0.25, 0.3) is 0 Å². The predicted molar refractivity (Wildman–Crippen MR) is 80.7 cm³/mol. The second-order valence-electron chi connectivity index (χ2n) is 6.16. The van der Waals surface area contributed by atoms with Gasteiger partial charge in [0.2, 0.25) is 5.91 Å². The number of nitrogens with one attached hydrogen (secondary N) is 1.